The Morgan fingerprint density at radius 3 is 2.58 bits per heavy atom. The Balaban J connectivity index is 2.98. The van der Waals surface area contributed by atoms with Crippen molar-refractivity contribution >= 4 is 11.9 Å². The zero-order valence-corrected chi connectivity index (χ0v) is 11.1. The van der Waals surface area contributed by atoms with Gasteiger partial charge in [0.2, 0.25) is 0 Å². The van der Waals surface area contributed by atoms with Crippen molar-refractivity contribution in [3.8, 4) is 0 Å². The van der Waals surface area contributed by atoms with Crippen molar-refractivity contribution in [2.24, 2.45) is 0 Å². The minimum atomic E-state index is -0.997. The molecular weight excluding hydrogens is 250 g/mol. The first kappa shape index (κ1) is 14.9. The molecular formula is C12H17N3O4. The Morgan fingerprint density at radius 2 is 2.05 bits per heavy atom. The van der Waals surface area contributed by atoms with Gasteiger partial charge in [-0.25, -0.2) is 5.10 Å². The minimum absolute atomic E-state index is 0.0173. The van der Waals surface area contributed by atoms with E-state index in [0.29, 0.717) is 17.7 Å². The third-order valence-electron chi connectivity index (χ3n) is 2.95. The number of aliphatic carboxylic acids is 1. The molecule has 0 aliphatic heterocycles. The molecule has 1 aromatic rings. The lowest BCUT2D eigenvalue weighted by molar-refractivity contribution is -0.137. The largest absolute Gasteiger partial charge is 0.481 e. The van der Waals surface area contributed by atoms with E-state index in [-0.39, 0.29) is 12.0 Å². The summed E-state index contributed by atoms with van der Waals surface area (Å²) in [7, 11) is 0. The highest BCUT2D eigenvalue weighted by Gasteiger charge is 2.20. The van der Waals surface area contributed by atoms with Crippen LogP contribution in [0.15, 0.2) is 4.79 Å². The van der Waals surface area contributed by atoms with Gasteiger partial charge >= 0.3 is 5.97 Å². The Hall–Kier alpha value is -2.18. The monoisotopic (exact) mass is 267 g/mol. The minimum Gasteiger partial charge on any atom is -0.481 e. The first-order valence-corrected chi connectivity index (χ1v) is 5.95. The fraction of sp³-hybridized carbons (Fsp3) is 0.500. The topological polar surface area (TPSA) is 112 Å². The molecule has 0 aliphatic carbocycles. The van der Waals surface area contributed by atoms with Crippen LogP contribution in [0.3, 0.4) is 0 Å². The van der Waals surface area contributed by atoms with E-state index in [1.54, 1.807) is 20.8 Å². The maximum atomic E-state index is 12.0. The second-order valence-electron chi connectivity index (χ2n) is 4.31. The number of nitrogens with one attached hydrogen (secondary N) is 2. The molecule has 0 bridgehead atoms. The van der Waals surface area contributed by atoms with Crippen molar-refractivity contribution in [3.63, 3.8) is 0 Å². The second kappa shape index (κ2) is 6.12. The summed E-state index contributed by atoms with van der Waals surface area (Å²) in [5.74, 6) is -1.57. The maximum absolute atomic E-state index is 12.0. The second-order valence-corrected chi connectivity index (χ2v) is 4.31. The number of rotatable bonds is 5. The van der Waals surface area contributed by atoms with Crippen LogP contribution in [0.4, 0.5) is 0 Å². The molecule has 1 amide bonds. The lowest BCUT2D eigenvalue weighted by atomic mass is 10.1. The van der Waals surface area contributed by atoms with E-state index in [0.717, 1.165) is 0 Å². The van der Waals surface area contributed by atoms with Crippen molar-refractivity contribution < 1.29 is 14.7 Å². The van der Waals surface area contributed by atoms with Crippen LogP contribution >= 0.6 is 0 Å². The van der Waals surface area contributed by atoms with E-state index in [2.05, 4.69) is 15.5 Å². The Labute approximate surface area is 110 Å². The van der Waals surface area contributed by atoms with Crippen molar-refractivity contribution in [3.05, 3.63) is 27.2 Å². The highest BCUT2D eigenvalue weighted by molar-refractivity contribution is 5.95. The summed E-state index contributed by atoms with van der Waals surface area (Å²) >= 11 is 0. The van der Waals surface area contributed by atoms with Crippen molar-refractivity contribution in [1.82, 2.24) is 15.5 Å². The third kappa shape index (κ3) is 3.64. The summed E-state index contributed by atoms with van der Waals surface area (Å²) in [4.78, 5) is 34.3. The normalized spacial score (nSPS) is 11.9. The summed E-state index contributed by atoms with van der Waals surface area (Å²) in [6.07, 6.45) is 0.294. The molecule has 1 atom stereocenters. The SMILES string of the molecule is CCC(CC(=O)O)NC(=O)c1c(C)c(C)n[nH]c1=O. The van der Waals surface area contributed by atoms with Crippen LogP contribution in [0.25, 0.3) is 0 Å². The number of hydrogen-bond acceptors (Lipinski definition) is 4. The average Bonchev–Trinajstić information content (AvgIpc) is 2.33. The van der Waals surface area contributed by atoms with Crippen LogP contribution in [0, 0.1) is 13.8 Å². The number of hydrogen-bond donors (Lipinski definition) is 3. The number of aryl methyl sites for hydroxylation is 1. The van der Waals surface area contributed by atoms with Crippen LogP contribution in [-0.2, 0) is 4.79 Å². The molecule has 1 rings (SSSR count). The Kier molecular flexibility index (Phi) is 4.80. The van der Waals surface area contributed by atoms with Crippen LogP contribution in [0.1, 0.15) is 41.4 Å². The Bertz CT molecular complexity index is 550. The number of H-pyrrole nitrogens is 1. The predicted molar refractivity (Wildman–Crippen MR) is 68.1 cm³/mol. The highest BCUT2D eigenvalue weighted by Crippen LogP contribution is 2.06. The molecule has 0 spiro atoms. The molecule has 104 valence electrons. The van der Waals surface area contributed by atoms with E-state index in [9.17, 15) is 14.4 Å². The van der Waals surface area contributed by atoms with E-state index in [1.165, 1.54) is 0 Å². The van der Waals surface area contributed by atoms with Crippen LogP contribution in [0.5, 0.6) is 0 Å². The molecule has 0 radical (unpaired) electrons. The number of carbonyl (C=O) groups is 2. The van der Waals surface area contributed by atoms with Gasteiger partial charge in [0.1, 0.15) is 5.56 Å². The summed E-state index contributed by atoms with van der Waals surface area (Å²) in [5.41, 5.74) is 0.449. The lowest BCUT2D eigenvalue weighted by Crippen LogP contribution is -2.39. The Morgan fingerprint density at radius 1 is 1.42 bits per heavy atom. The molecule has 0 saturated carbocycles. The fourth-order valence-corrected chi connectivity index (χ4v) is 1.66. The van der Waals surface area contributed by atoms with E-state index in [1.807, 2.05) is 0 Å². The third-order valence-corrected chi connectivity index (χ3v) is 2.95. The van der Waals surface area contributed by atoms with E-state index < -0.39 is 23.5 Å². The van der Waals surface area contributed by atoms with Crippen LogP contribution in [-0.4, -0.2) is 33.2 Å². The molecule has 0 aromatic carbocycles. The smallest absolute Gasteiger partial charge is 0.305 e. The first-order valence-electron chi connectivity index (χ1n) is 5.95. The van der Waals surface area contributed by atoms with Crippen LogP contribution in [0.2, 0.25) is 0 Å². The summed E-state index contributed by atoms with van der Waals surface area (Å²) in [5, 5.41) is 17.3. The lowest BCUT2D eigenvalue weighted by Gasteiger charge is -2.15. The van der Waals surface area contributed by atoms with Crippen LogP contribution < -0.4 is 10.9 Å². The summed E-state index contributed by atoms with van der Waals surface area (Å²) in [6.45, 7) is 5.07. The van der Waals surface area contributed by atoms with Gasteiger partial charge < -0.3 is 10.4 Å². The van der Waals surface area contributed by atoms with Gasteiger partial charge in [-0.3, -0.25) is 14.4 Å². The molecule has 3 N–H and O–H groups in total. The number of nitrogens with zero attached hydrogens (tertiary/aromatic N) is 1. The van der Waals surface area contributed by atoms with Gasteiger partial charge in [0.15, 0.2) is 0 Å². The molecule has 1 unspecified atom stereocenters. The number of aromatic amines is 1. The van der Waals surface area contributed by atoms with E-state index >= 15 is 0 Å². The molecule has 7 nitrogen and oxygen atoms in total. The van der Waals surface area contributed by atoms with Gasteiger partial charge in [0.25, 0.3) is 11.5 Å². The molecule has 0 saturated heterocycles. The van der Waals surface area contributed by atoms with Crippen molar-refractivity contribution in [1.29, 1.82) is 0 Å². The highest BCUT2D eigenvalue weighted by atomic mass is 16.4. The molecule has 19 heavy (non-hydrogen) atoms. The van der Waals surface area contributed by atoms with Gasteiger partial charge in [-0.1, -0.05) is 6.92 Å². The molecule has 1 aromatic heterocycles. The summed E-state index contributed by atoms with van der Waals surface area (Å²) < 4.78 is 0. The van der Waals surface area contributed by atoms with Crippen molar-refractivity contribution in [2.45, 2.75) is 39.7 Å². The van der Waals surface area contributed by atoms with Crippen molar-refractivity contribution in [2.75, 3.05) is 0 Å². The number of carboxylic acid groups (broad SMARTS) is 1. The van der Waals surface area contributed by atoms with Gasteiger partial charge in [-0.15, -0.1) is 0 Å². The van der Waals surface area contributed by atoms with Gasteiger partial charge in [0, 0.05) is 6.04 Å². The van der Waals surface area contributed by atoms with Gasteiger partial charge in [-0.2, -0.15) is 5.10 Å². The molecule has 0 fully saturated rings. The quantitative estimate of drug-likeness (QED) is 0.713. The maximum Gasteiger partial charge on any atom is 0.305 e. The number of carboxylic acids is 1. The first-order chi connectivity index (χ1) is 8.86. The fourth-order valence-electron chi connectivity index (χ4n) is 1.66. The van der Waals surface area contributed by atoms with Gasteiger partial charge in [0.05, 0.1) is 12.1 Å². The predicted octanol–water partition coefficient (Wildman–Crippen LogP) is 0.370. The number of carbonyl (C=O) groups excluding carboxylic acids is 1. The zero-order valence-electron chi connectivity index (χ0n) is 11.1. The van der Waals surface area contributed by atoms with Gasteiger partial charge in [-0.05, 0) is 25.8 Å². The standard InChI is InChI=1S/C12H17N3O4/c1-4-8(5-9(16)17)13-11(18)10-6(2)7(3)14-15-12(10)19/h8H,4-5H2,1-3H3,(H,13,18)(H,15,19)(H,16,17). The number of amides is 1. The average molecular weight is 267 g/mol. The molecule has 1 heterocycles. The van der Waals surface area contributed by atoms with E-state index in [4.69, 9.17) is 5.11 Å². The molecule has 0 aliphatic rings. The zero-order chi connectivity index (χ0) is 14.6. The summed E-state index contributed by atoms with van der Waals surface area (Å²) in [6, 6.07) is -0.503. The number of aromatic nitrogens is 2. The molecule has 7 heteroatoms.